The van der Waals surface area contributed by atoms with E-state index in [4.69, 9.17) is 4.74 Å². The lowest BCUT2D eigenvalue weighted by atomic mass is 9.73. The maximum Gasteiger partial charge on any atom is 0.325 e. The molecule has 0 radical (unpaired) electrons. The van der Waals surface area contributed by atoms with Crippen LogP contribution in [0.15, 0.2) is 30.3 Å². The second-order valence-corrected chi connectivity index (χ2v) is 9.32. The van der Waals surface area contributed by atoms with Gasteiger partial charge in [0.15, 0.2) is 0 Å². The van der Waals surface area contributed by atoms with Gasteiger partial charge in [-0.05, 0) is 44.4 Å². The fraction of sp³-hybridized carbons (Fsp3) is 0.522. The van der Waals surface area contributed by atoms with Crippen molar-refractivity contribution in [1.82, 2.24) is 10.2 Å². The van der Waals surface area contributed by atoms with Crippen LogP contribution >= 0.6 is 0 Å². The lowest BCUT2D eigenvalue weighted by Crippen LogP contribution is -2.61. The number of benzene rings is 1. The van der Waals surface area contributed by atoms with Gasteiger partial charge in [-0.25, -0.2) is 0 Å². The molecule has 4 atom stereocenters. The minimum atomic E-state index is -1.51. The topological polar surface area (TPSA) is 95.9 Å². The Hall–Kier alpha value is -2.67. The molecule has 2 heterocycles. The third-order valence-electron chi connectivity index (χ3n) is 6.18. The molecule has 2 fully saturated rings. The number of amides is 2. The number of fused-ring (bicyclic) bond motifs is 1. The molecule has 7 heteroatoms. The van der Waals surface area contributed by atoms with Crippen LogP contribution in [0.25, 0.3) is 6.08 Å². The molecule has 30 heavy (non-hydrogen) atoms. The molecule has 0 bridgehead atoms. The Balaban J connectivity index is 2.04. The second kappa shape index (κ2) is 7.54. The fourth-order valence-electron chi connectivity index (χ4n) is 4.71. The van der Waals surface area contributed by atoms with Crippen molar-refractivity contribution in [3.8, 4) is 5.75 Å². The van der Waals surface area contributed by atoms with Crippen molar-refractivity contribution in [2.24, 2.45) is 17.8 Å². The molecule has 0 aliphatic carbocycles. The molecule has 3 rings (SSSR count). The molecular weight excluding hydrogens is 384 g/mol. The molecule has 2 N–H and O–H groups in total. The Morgan fingerprint density at radius 2 is 1.80 bits per heavy atom. The maximum absolute atomic E-state index is 13.3. The minimum Gasteiger partial charge on any atom is -0.497 e. The standard InChI is InChI=1S/C23H30N2O5/c1-13(2)23(21(28)29)18-17(19(26)25(20(18)27)22(3,4)5)16(24-23)12-9-14-7-10-15(30-6)11-8-14/h7-13,16-18,24H,1-6H3,(H,28,29)/b12-9-. The van der Waals surface area contributed by atoms with Crippen molar-refractivity contribution in [3.63, 3.8) is 0 Å². The highest BCUT2D eigenvalue weighted by Gasteiger charge is 2.69. The summed E-state index contributed by atoms with van der Waals surface area (Å²) in [4.78, 5) is 40.3. The van der Waals surface area contributed by atoms with Crippen LogP contribution in [-0.4, -0.2) is 52.0 Å². The number of aliphatic carboxylic acids is 1. The molecule has 2 saturated heterocycles. The predicted octanol–water partition coefficient (Wildman–Crippen LogP) is 2.56. The molecule has 2 amide bonds. The van der Waals surface area contributed by atoms with E-state index in [1.807, 2.05) is 30.3 Å². The predicted molar refractivity (Wildman–Crippen MR) is 113 cm³/mol. The van der Waals surface area contributed by atoms with Crippen molar-refractivity contribution in [2.45, 2.75) is 51.7 Å². The highest BCUT2D eigenvalue weighted by atomic mass is 16.5. The first-order valence-corrected chi connectivity index (χ1v) is 10.2. The van der Waals surface area contributed by atoms with Gasteiger partial charge in [0.25, 0.3) is 0 Å². The highest BCUT2D eigenvalue weighted by Crippen LogP contribution is 2.48. The maximum atomic E-state index is 13.3. The van der Waals surface area contributed by atoms with Gasteiger partial charge < -0.3 is 9.84 Å². The summed E-state index contributed by atoms with van der Waals surface area (Å²) < 4.78 is 5.16. The van der Waals surface area contributed by atoms with Gasteiger partial charge >= 0.3 is 5.97 Å². The number of carbonyl (C=O) groups excluding carboxylic acids is 2. The van der Waals surface area contributed by atoms with Gasteiger partial charge in [0.2, 0.25) is 11.8 Å². The lowest BCUT2D eigenvalue weighted by Gasteiger charge is -2.37. The Kier molecular flexibility index (Phi) is 5.54. The summed E-state index contributed by atoms with van der Waals surface area (Å²) in [5.74, 6) is -3.21. The number of hydrogen-bond acceptors (Lipinski definition) is 5. The SMILES string of the molecule is COc1ccc(/C=C\C2NC(C(=O)O)(C(C)C)C3C(=O)N(C(C)(C)C)C(=O)C23)cc1. The quantitative estimate of drug-likeness (QED) is 0.719. The lowest BCUT2D eigenvalue weighted by molar-refractivity contribution is -0.155. The van der Waals surface area contributed by atoms with Gasteiger partial charge in [-0.3, -0.25) is 24.6 Å². The Labute approximate surface area is 177 Å². The minimum absolute atomic E-state index is 0.321. The molecule has 0 saturated carbocycles. The van der Waals surface area contributed by atoms with E-state index in [2.05, 4.69) is 5.32 Å². The van der Waals surface area contributed by atoms with Crippen molar-refractivity contribution < 1.29 is 24.2 Å². The largest absolute Gasteiger partial charge is 0.497 e. The van der Waals surface area contributed by atoms with E-state index in [9.17, 15) is 19.5 Å². The third kappa shape index (κ3) is 3.31. The number of carbonyl (C=O) groups is 3. The van der Waals surface area contributed by atoms with Crippen LogP contribution < -0.4 is 10.1 Å². The molecule has 0 aromatic heterocycles. The number of likely N-dealkylation sites (tertiary alicyclic amines) is 1. The van der Waals surface area contributed by atoms with E-state index in [1.165, 1.54) is 4.90 Å². The van der Waals surface area contributed by atoms with Crippen LogP contribution in [0.2, 0.25) is 0 Å². The van der Waals surface area contributed by atoms with Crippen LogP contribution in [0.5, 0.6) is 5.75 Å². The Morgan fingerprint density at radius 1 is 1.20 bits per heavy atom. The van der Waals surface area contributed by atoms with Crippen LogP contribution in [-0.2, 0) is 14.4 Å². The molecule has 0 spiro atoms. The van der Waals surface area contributed by atoms with Crippen LogP contribution in [0.4, 0.5) is 0 Å². The summed E-state index contributed by atoms with van der Waals surface area (Å²) in [5.41, 5.74) is -1.34. The fourth-order valence-corrected chi connectivity index (χ4v) is 4.71. The molecule has 1 aromatic rings. The number of rotatable bonds is 5. The summed E-state index contributed by atoms with van der Waals surface area (Å²) in [7, 11) is 1.59. The van der Waals surface area contributed by atoms with E-state index < -0.39 is 46.7 Å². The molecule has 1 aromatic carbocycles. The van der Waals surface area contributed by atoms with E-state index in [-0.39, 0.29) is 5.91 Å². The van der Waals surface area contributed by atoms with Crippen molar-refractivity contribution in [3.05, 3.63) is 35.9 Å². The van der Waals surface area contributed by atoms with Gasteiger partial charge in [0.05, 0.1) is 18.9 Å². The van der Waals surface area contributed by atoms with E-state index in [0.717, 1.165) is 11.3 Å². The molecule has 7 nitrogen and oxygen atoms in total. The number of carboxylic acid groups (broad SMARTS) is 1. The third-order valence-corrected chi connectivity index (χ3v) is 6.18. The number of hydrogen-bond donors (Lipinski definition) is 2. The Bertz CT molecular complexity index is 884. The van der Waals surface area contributed by atoms with Gasteiger partial charge in [0.1, 0.15) is 11.3 Å². The first-order chi connectivity index (χ1) is 13.9. The van der Waals surface area contributed by atoms with Gasteiger partial charge in [0, 0.05) is 11.6 Å². The van der Waals surface area contributed by atoms with Gasteiger partial charge in [-0.2, -0.15) is 0 Å². The van der Waals surface area contributed by atoms with Crippen molar-refractivity contribution in [2.75, 3.05) is 7.11 Å². The average Bonchev–Trinajstić information content (AvgIpc) is 3.15. The monoisotopic (exact) mass is 414 g/mol. The number of nitrogens with one attached hydrogen (secondary N) is 1. The van der Waals surface area contributed by atoms with E-state index in [0.29, 0.717) is 0 Å². The van der Waals surface area contributed by atoms with Crippen LogP contribution in [0.3, 0.4) is 0 Å². The molecule has 4 unspecified atom stereocenters. The summed E-state index contributed by atoms with van der Waals surface area (Å²) in [6, 6.07) is 6.83. The smallest absolute Gasteiger partial charge is 0.325 e. The van der Waals surface area contributed by atoms with Gasteiger partial charge in [-0.15, -0.1) is 0 Å². The number of nitrogens with zero attached hydrogens (tertiary/aromatic N) is 1. The zero-order valence-electron chi connectivity index (χ0n) is 18.3. The number of ether oxygens (including phenoxy) is 1. The first-order valence-electron chi connectivity index (χ1n) is 10.2. The van der Waals surface area contributed by atoms with Crippen molar-refractivity contribution in [1.29, 1.82) is 0 Å². The Morgan fingerprint density at radius 3 is 2.27 bits per heavy atom. The number of carboxylic acids is 1. The molecule has 2 aliphatic rings. The van der Waals surface area contributed by atoms with Crippen molar-refractivity contribution >= 4 is 23.9 Å². The zero-order valence-corrected chi connectivity index (χ0v) is 18.3. The average molecular weight is 415 g/mol. The second-order valence-electron chi connectivity index (χ2n) is 9.32. The molecule has 162 valence electrons. The summed E-state index contributed by atoms with van der Waals surface area (Å²) in [6.45, 7) is 8.91. The summed E-state index contributed by atoms with van der Waals surface area (Å²) >= 11 is 0. The summed E-state index contributed by atoms with van der Waals surface area (Å²) in [6.07, 6.45) is 3.63. The van der Waals surface area contributed by atoms with Gasteiger partial charge in [-0.1, -0.05) is 38.1 Å². The normalized spacial score (nSPS) is 29.2. The van der Waals surface area contributed by atoms with E-state index >= 15 is 0 Å². The molecule has 2 aliphatic heterocycles. The van der Waals surface area contributed by atoms with Crippen LogP contribution in [0, 0.1) is 17.8 Å². The number of methoxy groups -OCH3 is 1. The summed E-state index contributed by atoms with van der Waals surface area (Å²) in [5, 5.41) is 13.3. The van der Waals surface area contributed by atoms with Crippen LogP contribution in [0.1, 0.15) is 40.2 Å². The first kappa shape index (κ1) is 22.0. The zero-order chi connectivity index (χ0) is 22.4. The number of imide groups is 1. The molecular formula is C23H30N2O5. The van der Waals surface area contributed by atoms with E-state index in [1.54, 1.807) is 47.8 Å². The highest BCUT2D eigenvalue weighted by molar-refractivity contribution is 6.10.